The van der Waals surface area contributed by atoms with E-state index in [1.807, 2.05) is 13.8 Å². The molecule has 1 N–H and O–H groups in total. The van der Waals surface area contributed by atoms with Gasteiger partial charge in [-0.25, -0.2) is 13.6 Å². The van der Waals surface area contributed by atoms with Crippen molar-refractivity contribution < 1.29 is 23.1 Å². The number of amides is 1. The Morgan fingerprint density at radius 2 is 1.81 bits per heavy atom. The molecule has 0 saturated carbocycles. The van der Waals surface area contributed by atoms with Crippen LogP contribution in [0.5, 0.6) is 0 Å². The van der Waals surface area contributed by atoms with Gasteiger partial charge in [-0.2, -0.15) is 0 Å². The smallest absolute Gasteiger partial charge is 0.328 e. The minimum atomic E-state index is -0.822. The van der Waals surface area contributed by atoms with E-state index in [2.05, 4.69) is 10.1 Å². The number of benzene rings is 1. The molecule has 0 aliphatic rings. The Bertz CT molecular complexity index is 497. The lowest BCUT2D eigenvalue weighted by Crippen LogP contribution is -2.43. The van der Waals surface area contributed by atoms with E-state index in [1.165, 1.54) is 13.2 Å². The van der Waals surface area contributed by atoms with E-state index in [0.717, 1.165) is 12.1 Å². The molecule has 1 amide bonds. The maximum absolute atomic E-state index is 13.5. The van der Waals surface area contributed by atoms with Gasteiger partial charge in [-0.3, -0.25) is 4.79 Å². The van der Waals surface area contributed by atoms with Crippen LogP contribution in [-0.4, -0.2) is 25.0 Å². The van der Waals surface area contributed by atoms with Crippen molar-refractivity contribution in [1.29, 1.82) is 0 Å². The number of carbonyl (C=O) groups excluding carboxylic acids is 2. The molecule has 1 atom stereocenters. The molecule has 0 heterocycles. The van der Waals surface area contributed by atoms with Gasteiger partial charge >= 0.3 is 5.97 Å². The van der Waals surface area contributed by atoms with Gasteiger partial charge in [0, 0.05) is 5.56 Å². The van der Waals surface area contributed by atoms with Crippen LogP contribution in [0.4, 0.5) is 8.78 Å². The van der Waals surface area contributed by atoms with E-state index in [0.29, 0.717) is 6.42 Å². The topological polar surface area (TPSA) is 55.4 Å². The molecule has 0 radical (unpaired) electrons. The van der Waals surface area contributed by atoms with Crippen LogP contribution < -0.4 is 5.32 Å². The van der Waals surface area contributed by atoms with Crippen LogP contribution in [0.2, 0.25) is 0 Å². The largest absolute Gasteiger partial charge is 0.467 e. The monoisotopic (exact) mass is 299 g/mol. The predicted octanol–water partition coefficient (Wildman–Crippen LogP) is 2.21. The summed E-state index contributed by atoms with van der Waals surface area (Å²) in [6.07, 6.45) is -0.0811. The number of methoxy groups -OCH3 is 1. The molecule has 6 heteroatoms. The van der Waals surface area contributed by atoms with Gasteiger partial charge in [-0.1, -0.05) is 19.9 Å². The van der Waals surface area contributed by atoms with Crippen LogP contribution in [0.15, 0.2) is 18.2 Å². The molecule has 116 valence electrons. The van der Waals surface area contributed by atoms with Crippen molar-refractivity contribution in [3.63, 3.8) is 0 Å². The molecule has 21 heavy (non-hydrogen) atoms. The first-order valence-electron chi connectivity index (χ1n) is 6.65. The summed E-state index contributed by atoms with van der Waals surface area (Å²) in [6.45, 7) is 3.78. The van der Waals surface area contributed by atoms with Crippen LogP contribution in [0, 0.1) is 17.6 Å². The molecule has 0 saturated heterocycles. The van der Waals surface area contributed by atoms with E-state index >= 15 is 0 Å². The number of rotatable bonds is 6. The molecule has 0 spiro atoms. The Hall–Kier alpha value is -1.98. The van der Waals surface area contributed by atoms with E-state index in [1.54, 1.807) is 0 Å². The summed E-state index contributed by atoms with van der Waals surface area (Å²) in [6, 6.07) is 2.56. The van der Waals surface area contributed by atoms with Gasteiger partial charge < -0.3 is 10.1 Å². The molecule has 1 rings (SSSR count). The predicted molar refractivity (Wildman–Crippen MR) is 73.5 cm³/mol. The van der Waals surface area contributed by atoms with Gasteiger partial charge in [0.15, 0.2) is 0 Å². The highest BCUT2D eigenvalue weighted by atomic mass is 19.1. The zero-order chi connectivity index (χ0) is 16.0. The highest BCUT2D eigenvalue weighted by Gasteiger charge is 2.23. The van der Waals surface area contributed by atoms with Gasteiger partial charge in [0.1, 0.15) is 17.7 Å². The van der Waals surface area contributed by atoms with Crippen molar-refractivity contribution in [3.05, 3.63) is 35.4 Å². The molecule has 0 aliphatic heterocycles. The van der Waals surface area contributed by atoms with Crippen LogP contribution in [-0.2, 0) is 20.7 Å². The molecule has 0 fully saturated rings. The van der Waals surface area contributed by atoms with Crippen molar-refractivity contribution >= 4 is 11.9 Å². The Balaban J connectivity index is 2.76. The average Bonchev–Trinajstić information content (AvgIpc) is 2.41. The summed E-state index contributed by atoms with van der Waals surface area (Å²) in [5, 5.41) is 2.46. The lowest BCUT2D eigenvalue weighted by atomic mass is 10.0. The highest BCUT2D eigenvalue weighted by Crippen LogP contribution is 2.13. The maximum Gasteiger partial charge on any atom is 0.328 e. The van der Waals surface area contributed by atoms with Gasteiger partial charge in [0.05, 0.1) is 13.5 Å². The third-order valence-corrected chi connectivity index (χ3v) is 2.93. The minimum Gasteiger partial charge on any atom is -0.467 e. The Labute approximate surface area is 122 Å². The van der Waals surface area contributed by atoms with Crippen molar-refractivity contribution in [2.45, 2.75) is 32.7 Å². The molecule has 4 nitrogen and oxygen atoms in total. The molecule has 0 aromatic heterocycles. The van der Waals surface area contributed by atoms with E-state index in [4.69, 9.17) is 0 Å². The summed E-state index contributed by atoms with van der Waals surface area (Å²) in [5.41, 5.74) is -0.317. The first-order chi connectivity index (χ1) is 9.85. The fraction of sp³-hybridized carbons (Fsp3) is 0.467. The van der Waals surface area contributed by atoms with E-state index in [-0.39, 0.29) is 11.5 Å². The molecule has 1 aromatic rings. The lowest BCUT2D eigenvalue weighted by Gasteiger charge is -2.18. The summed E-state index contributed by atoms with van der Waals surface area (Å²) < 4.78 is 31.6. The van der Waals surface area contributed by atoms with Gasteiger partial charge in [0.25, 0.3) is 0 Å². The number of halogens is 2. The van der Waals surface area contributed by atoms with Gasteiger partial charge in [-0.15, -0.1) is 0 Å². The van der Waals surface area contributed by atoms with Crippen molar-refractivity contribution in [2.75, 3.05) is 7.11 Å². The second-order valence-electron chi connectivity index (χ2n) is 5.15. The number of hydrogen-bond donors (Lipinski definition) is 1. The number of hydrogen-bond acceptors (Lipinski definition) is 3. The first kappa shape index (κ1) is 17.1. The molecule has 0 aliphatic carbocycles. The SMILES string of the molecule is COC(=O)[C@@H](CC(C)C)NC(=O)Cc1c(F)cccc1F. The number of carbonyl (C=O) groups is 2. The lowest BCUT2D eigenvalue weighted by molar-refractivity contribution is -0.145. The third kappa shape index (κ3) is 5.13. The quantitative estimate of drug-likeness (QED) is 0.819. The van der Waals surface area contributed by atoms with Crippen LogP contribution in [0.3, 0.4) is 0 Å². The van der Waals surface area contributed by atoms with Gasteiger partial charge in [-0.05, 0) is 24.5 Å². The zero-order valence-electron chi connectivity index (χ0n) is 12.3. The van der Waals surface area contributed by atoms with Crippen LogP contribution >= 0.6 is 0 Å². The maximum atomic E-state index is 13.5. The van der Waals surface area contributed by atoms with Crippen LogP contribution in [0.25, 0.3) is 0 Å². The van der Waals surface area contributed by atoms with E-state index in [9.17, 15) is 18.4 Å². The summed E-state index contributed by atoms with van der Waals surface area (Å²) in [7, 11) is 1.22. The molecule has 0 unspecified atom stereocenters. The van der Waals surface area contributed by atoms with Gasteiger partial charge in [0.2, 0.25) is 5.91 Å². The average molecular weight is 299 g/mol. The number of esters is 1. The van der Waals surface area contributed by atoms with E-state index < -0.39 is 36.0 Å². The molecule has 0 bridgehead atoms. The molecular formula is C15H19F2NO3. The van der Waals surface area contributed by atoms with Crippen molar-refractivity contribution in [2.24, 2.45) is 5.92 Å². The third-order valence-electron chi connectivity index (χ3n) is 2.93. The normalized spacial score (nSPS) is 12.1. The Kier molecular flexibility index (Phi) is 6.27. The summed E-state index contributed by atoms with van der Waals surface area (Å²) in [4.78, 5) is 23.5. The Morgan fingerprint density at radius 1 is 1.24 bits per heavy atom. The van der Waals surface area contributed by atoms with Crippen LogP contribution in [0.1, 0.15) is 25.8 Å². The highest BCUT2D eigenvalue weighted by molar-refractivity contribution is 5.85. The van der Waals surface area contributed by atoms with Crippen molar-refractivity contribution in [1.82, 2.24) is 5.32 Å². The number of ether oxygens (including phenoxy) is 1. The number of nitrogens with one attached hydrogen (secondary N) is 1. The Morgan fingerprint density at radius 3 is 2.29 bits per heavy atom. The standard InChI is InChI=1S/C15H19F2NO3/c1-9(2)7-13(15(20)21-3)18-14(19)8-10-11(16)5-4-6-12(10)17/h4-6,9,13H,7-8H2,1-3H3,(H,18,19)/t13-/m1/s1. The van der Waals surface area contributed by atoms with Crippen molar-refractivity contribution in [3.8, 4) is 0 Å². The summed E-state index contributed by atoms with van der Waals surface area (Å²) in [5.74, 6) is -2.63. The molecule has 1 aromatic carbocycles. The zero-order valence-corrected chi connectivity index (χ0v) is 12.3. The molecular weight excluding hydrogens is 280 g/mol. The second kappa shape index (κ2) is 7.71. The second-order valence-corrected chi connectivity index (χ2v) is 5.15. The summed E-state index contributed by atoms with van der Waals surface area (Å²) >= 11 is 0. The first-order valence-corrected chi connectivity index (χ1v) is 6.65. The fourth-order valence-electron chi connectivity index (χ4n) is 1.93. The fourth-order valence-corrected chi connectivity index (χ4v) is 1.93. The minimum absolute atomic E-state index is 0.152.